The second-order valence-electron chi connectivity index (χ2n) is 8.61. The number of nitrogens with one attached hydrogen (secondary N) is 2. The molecule has 0 radical (unpaired) electrons. The van der Waals surface area contributed by atoms with Gasteiger partial charge in [-0.2, -0.15) is 0 Å². The molecular formula is C27H30ClF2N3O. The Morgan fingerprint density at radius 3 is 2.41 bits per heavy atom. The van der Waals surface area contributed by atoms with Crippen molar-refractivity contribution >= 4 is 23.3 Å². The molecule has 2 amide bonds. The minimum Gasteiger partial charge on any atom is -0.338 e. The van der Waals surface area contributed by atoms with Crippen LogP contribution in [0.3, 0.4) is 0 Å². The summed E-state index contributed by atoms with van der Waals surface area (Å²) < 4.78 is 28.1. The lowest BCUT2D eigenvalue weighted by Crippen LogP contribution is -2.43. The highest BCUT2D eigenvalue weighted by Crippen LogP contribution is 2.26. The van der Waals surface area contributed by atoms with Gasteiger partial charge in [-0.1, -0.05) is 41.9 Å². The number of benzene rings is 3. The molecule has 0 fully saturated rings. The molecule has 4 nitrogen and oxygen atoms in total. The lowest BCUT2D eigenvalue weighted by atomic mass is 9.82. The number of urea groups is 1. The number of hydrogen-bond donors (Lipinski definition) is 3. The van der Waals surface area contributed by atoms with Crippen LogP contribution in [0, 0.1) is 11.6 Å². The molecule has 3 rings (SSSR count). The Morgan fingerprint density at radius 1 is 0.941 bits per heavy atom. The van der Waals surface area contributed by atoms with Crippen LogP contribution in [0.1, 0.15) is 36.8 Å². The third-order valence-electron chi connectivity index (χ3n) is 5.79. The van der Waals surface area contributed by atoms with E-state index in [-0.39, 0.29) is 18.0 Å². The Kier molecular flexibility index (Phi) is 9.42. The zero-order valence-electron chi connectivity index (χ0n) is 19.0. The van der Waals surface area contributed by atoms with Gasteiger partial charge in [-0.3, -0.25) is 0 Å². The van der Waals surface area contributed by atoms with E-state index < -0.39 is 17.2 Å². The third kappa shape index (κ3) is 8.43. The van der Waals surface area contributed by atoms with Crippen LogP contribution in [0.15, 0.2) is 72.8 Å². The maximum Gasteiger partial charge on any atom is 0.319 e. The van der Waals surface area contributed by atoms with E-state index >= 15 is 0 Å². The van der Waals surface area contributed by atoms with Crippen molar-refractivity contribution in [2.75, 3.05) is 11.9 Å². The third-order valence-corrected chi connectivity index (χ3v) is 6.05. The zero-order valence-corrected chi connectivity index (χ0v) is 19.8. The highest BCUT2D eigenvalue weighted by molar-refractivity contribution is 6.30. The van der Waals surface area contributed by atoms with E-state index in [1.807, 2.05) is 54.6 Å². The number of unbranched alkanes of at least 4 members (excludes halogenated alkanes) is 1. The Morgan fingerprint density at radius 2 is 1.68 bits per heavy atom. The van der Waals surface area contributed by atoms with Crippen LogP contribution in [-0.2, 0) is 12.8 Å². The first-order valence-electron chi connectivity index (χ1n) is 11.4. The van der Waals surface area contributed by atoms with Gasteiger partial charge in [0.1, 0.15) is 11.6 Å². The first-order valence-corrected chi connectivity index (χ1v) is 11.8. The van der Waals surface area contributed by atoms with Crippen molar-refractivity contribution in [3.63, 3.8) is 0 Å². The molecule has 0 saturated heterocycles. The summed E-state index contributed by atoms with van der Waals surface area (Å²) in [7, 11) is 0. The highest BCUT2D eigenvalue weighted by atomic mass is 35.5. The maximum absolute atomic E-state index is 14.3. The molecule has 0 aliphatic rings. The molecular weight excluding hydrogens is 456 g/mol. The Hall–Kier alpha value is -2.96. The molecule has 0 spiro atoms. The van der Waals surface area contributed by atoms with E-state index in [2.05, 4.69) is 10.6 Å². The van der Waals surface area contributed by atoms with Crippen LogP contribution in [0.4, 0.5) is 19.3 Å². The van der Waals surface area contributed by atoms with E-state index in [1.54, 1.807) is 0 Å². The molecule has 1 unspecified atom stereocenters. The molecule has 1 atom stereocenters. The van der Waals surface area contributed by atoms with Crippen molar-refractivity contribution in [2.24, 2.45) is 5.73 Å². The summed E-state index contributed by atoms with van der Waals surface area (Å²) in [6, 6.07) is 19.9. The lowest BCUT2D eigenvalue weighted by molar-refractivity contribution is 0.251. The SMILES string of the molecule is NC(CCCCNC(=O)Nc1ccccc1)(CCc1ccc(Cl)cc1)Cc1cc(F)ccc1F. The number of anilines is 1. The molecule has 34 heavy (non-hydrogen) atoms. The summed E-state index contributed by atoms with van der Waals surface area (Å²) in [5.41, 5.74) is 8.12. The molecule has 0 saturated carbocycles. The summed E-state index contributed by atoms with van der Waals surface area (Å²) in [4.78, 5) is 12.0. The van der Waals surface area contributed by atoms with Gasteiger partial charge in [-0.15, -0.1) is 0 Å². The summed E-state index contributed by atoms with van der Waals surface area (Å²) in [6.45, 7) is 0.486. The first-order chi connectivity index (χ1) is 16.3. The van der Waals surface area contributed by atoms with Crippen molar-refractivity contribution in [2.45, 2.75) is 44.1 Å². The van der Waals surface area contributed by atoms with Crippen molar-refractivity contribution < 1.29 is 13.6 Å². The molecule has 0 aliphatic heterocycles. The van der Waals surface area contributed by atoms with Gasteiger partial charge in [-0.05, 0) is 92.1 Å². The largest absolute Gasteiger partial charge is 0.338 e. The molecule has 0 aromatic heterocycles. The highest BCUT2D eigenvalue weighted by Gasteiger charge is 2.26. The predicted molar refractivity (Wildman–Crippen MR) is 134 cm³/mol. The van der Waals surface area contributed by atoms with Gasteiger partial charge in [0.25, 0.3) is 0 Å². The zero-order chi connectivity index (χ0) is 24.4. The fourth-order valence-corrected chi connectivity index (χ4v) is 4.03. The van der Waals surface area contributed by atoms with Crippen LogP contribution in [0.25, 0.3) is 0 Å². The van der Waals surface area contributed by atoms with E-state index in [1.165, 1.54) is 6.07 Å². The molecule has 7 heteroatoms. The van der Waals surface area contributed by atoms with Crippen LogP contribution in [0.2, 0.25) is 5.02 Å². The fraction of sp³-hybridized carbons (Fsp3) is 0.296. The van der Waals surface area contributed by atoms with Gasteiger partial charge < -0.3 is 16.4 Å². The van der Waals surface area contributed by atoms with E-state index in [4.69, 9.17) is 17.3 Å². The van der Waals surface area contributed by atoms with Gasteiger partial charge in [0.15, 0.2) is 0 Å². The number of nitrogens with two attached hydrogens (primary N) is 1. The average molecular weight is 486 g/mol. The second kappa shape index (κ2) is 12.5. The number of carbonyl (C=O) groups is 1. The van der Waals surface area contributed by atoms with E-state index in [9.17, 15) is 13.6 Å². The van der Waals surface area contributed by atoms with Gasteiger partial charge in [0, 0.05) is 22.8 Å². The van der Waals surface area contributed by atoms with Crippen LogP contribution >= 0.6 is 11.6 Å². The summed E-state index contributed by atoms with van der Waals surface area (Å²) >= 11 is 5.97. The van der Waals surface area contributed by atoms with Crippen molar-refractivity contribution in [1.82, 2.24) is 5.32 Å². The van der Waals surface area contributed by atoms with E-state index in [0.717, 1.165) is 29.8 Å². The standard InChI is InChI=1S/C27H30ClF2N3O/c28-22-10-8-20(9-11-22)14-16-27(31,19-21-18-23(29)12-13-25(21)30)15-4-5-17-32-26(34)33-24-6-2-1-3-7-24/h1-3,6-13,18H,4-5,14-17,19,31H2,(H2,32,33,34). The first kappa shape index (κ1) is 25.7. The van der Waals surface area contributed by atoms with Crippen LogP contribution in [0.5, 0.6) is 0 Å². The van der Waals surface area contributed by atoms with Crippen molar-refractivity contribution in [3.05, 3.63) is 101 Å². The van der Waals surface area contributed by atoms with Gasteiger partial charge in [0.05, 0.1) is 0 Å². The van der Waals surface area contributed by atoms with E-state index in [0.29, 0.717) is 37.3 Å². The number of rotatable bonds is 11. The molecule has 180 valence electrons. The monoisotopic (exact) mass is 485 g/mol. The predicted octanol–water partition coefficient (Wildman–Crippen LogP) is 6.48. The van der Waals surface area contributed by atoms with Gasteiger partial charge in [0.2, 0.25) is 0 Å². The number of hydrogen-bond acceptors (Lipinski definition) is 2. The molecule has 0 bridgehead atoms. The van der Waals surface area contributed by atoms with Gasteiger partial charge >= 0.3 is 6.03 Å². The Balaban J connectivity index is 1.54. The van der Waals surface area contributed by atoms with Crippen molar-refractivity contribution in [3.8, 4) is 0 Å². The summed E-state index contributed by atoms with van der Waals surface area (Å²) in [5, 5.41) is 6.27. The second-order valence-corrected chi connectivity index (χ2v) is 9.04. The number of amides is 2. The minimum absolute atomic E-state index is 0.228. The molecule has 3 aromatic rings. The topological polar surface area (TPSA) is 67.1 Å². The Bertz CT molecular complexity index is 1060. The molecule has 3 aromatic carbocycles. The summed E-state index contributed by atoms with van der Waals surface area (Å²) in [5.74, 6) is -0.938. The van der Waals surface area contributed by atoms with Crippen LogP contribution in [-0.4, -0.2) is 18.1 Å². The molecule has 0 heterocycles. The Labute approximate surface area is 204 Å². The van der Waals surface area contributed by atoms with Crippen LogP contribution < -0.4 is 16.4 Å². The van der Waals surface area contributed by atoms with Gasteiger partial charge in [-0.25, -0.2) is 13.6 Å². The number of para-hydroxylation sites is 1. The fourth-order valence-electron chi connectivity index (χ4n) is 3.90. The quantitative estimate of drug-likeness (QED) is 0.272. The maximum atomic E-state index is 14.3. The molecule has 4 N–H and O–H groups in total. The number of carbonyl (C=O) groups excluding carboxylic acids is 1. The summed E-state index contributed by atoms with van der Waals surface area (Å²) in [6.07, 6.45) is 3.59. The minimum atomic E-state index is -0.722. The smallest absolute Gasteiger partial charge is 0.319 e. The normalized spacial score (nSPS) is 12.7. The van der Waals surface area contributed by atoms with Crippen molar-refractivity contribution in [1.29, 1.82) is 0 Å². The number of halogens is 3. The lowest BCUT2D eigenvalue weighted by Gasteiger charge is -2.30. The molecule has 0 aliphatic carbocycles. The average Bonchev–Trinajstić information content (AvgIpc) is 2.82. The number of aryl methyl sites for hydroxylation is 1.